The number of carboxylic acids is 1. The summed E-state index contributed by atoms with van der Waals surface area (Å²) in [7, 11) is 0. The zero-order chi connectivity index (χ0) is 13.4. The quantitative estimate of drug-likeness (QED) is 0.754. The van der Waals surface area contributed by atoms with Gasteiger partial charge in [0.15, 0.2) is 0 Å². The van der Waals surface area contributed by atoms with Crippen molar-refractivity contribution < 1.29 is 14.6 Å². The van der Waals surface area contributed by atoms with Crippen molar-refractivity contribution in [3.05, 3.63) is 29.8 Å². The lowest BCUT2D eigenvalue weighted by atomic mass is 10.1. The van der Waals surface area contributed by atoms with Gasteiger partial charge >= 0.3 is 5.97 Å². The first-order valence-electron chi connectivity index (χ1n) is 6.68. The van der Waals surface area contributed by atoms with Crippen LogP contribution in [0.4, 0.5) is 0 Å². The molecule has 1 rings (SSSR count). The average Bonchev–Trinajstić information content (AvgIpc) is 2.36. The van der Waals surface area contributed by atoms with Gasteiger partial charge in [-0.05, 0) is 25.0 Å². The molecule has 0 amide bonds. The number of hydrogen-bond acceptors (Lipinski definition) is 2. The number of hydrogen-bond donors (Lipinski definition) is 1. The van der Waals surface area contributed by atoms with Crippen molar-refractivity contribution in [2.24, 2.45) is 0 Å². The molecule has 1 unspecified atom stereocenters. The van der Waals surface area contributed by atoms with Crippen LogP contribution < -0.4 is 4.74 Å². The summed E-state index contributed by atoms with van der Waals surface area (Å²) >= 11 is 0. The molecule has 0 bridgehead atoms. The van der Waals surface area contributed by atoms with E-state index in [-0.39, 0.29) is 11.7 Å². The predicted octanol–water partition coefficient (Wildman–Crippen LogP) is 4.12. The molecule has 1 aromatic rings. The molecule has 0 aliphatic carbocycles. The second-order valence-electron chi connectivity index (χ2n) is 4.47. The zero-order valence-electron chi connectivity index (χ0n) is 11.2. The summed E-state index contributed by atoms with van der Waals surface area (Å²) in [5.74, 6) is -0.448. The van der Waals surface area contributed by atoms with Gasteiger partial charge in [-0.1, -0.05) is 45.2 Å². The Morgan fingerprint density at radius 2 is 1.94 bits per heavy atom. The molecule has 0 saturated carbocycles. The third-order valence-electron chi connectivity index (χ3n) is 2.90. The number of carboxylic acid groups (broad SMARTS) is 1. The fourth-order valence-corrected chi connectivity index (χ4v) is 1.94. The van der Waals surface area contributed by atoms with Crippen molar-refractivity contribution in [2.45, 2.75) is 52.1 Å². The number of rotatable bonds is 8. The van der Waals surface area contributed by atoms with E-state index >= 15 is 0 Å². The van der Waals surface area contributed by atoms with E-state index in [9.17, 15) is 4.79 Å². The van der Waals surface area contributed by atoms with Gasteiger partial charge in [0.1, 0.15) is 11.3 Å². The van der Waals surface area contributed by atoms with E-state index in [1.54, 1.807) is 18.2 Å². The molecule has 100 valence electrons. The second kappa shape index (κ2) is 7.75. The van der Waals surface area contributed by atoms with Crippen molar-refractivity contribution >= 4 is 5.97 Å². The summed E-state index contributed by atoms with van der Waals surface area (Å²) in [5, 5.41) is 9.10. The van der Waals surface area contributed by atoms with Crippen molar-refractivity contribution in [2.75, 3.05) is 0 Å². The SMILES string of the molecule is CCCCC(CCC)Oc1ccccc1C(=O)O. The molecule has 18 heavy (non-hydrogen) atoms. The van der Waals surface area contributed by atoms with Crippen LogP contribution in [0.1, 0.15) is 56.3 Å². The Morgan fingerprint density at radius 1 is 1.22 bits per heavy atom. The monoisotopic (exact) mass is 250 g/mol. The van der Waals surface area contributed by atoms with Crippen LogP contribution in [0, 0.1) is 0 Å². The summed E-state index contributed by atoms with van der Waals surface area (Å²) in [5.41, 5.74) is 0.245. The molecule has 1 N–H and O–H groups in total. The Balaban J connectivity index is 2.76. The maximum atomic E-state index is 11.1. The van der Waals surface area contributed by atoms with E-state index in [2.05, 4.69) is 13.8 Å². The van der Waals surface area contributed by atoms with E-state index < -0.39 is 5.97 Å². The van der Waals surface area contributed by atoms with E-state index in [0.717, 1.165) is 32.1 Å². The fraction of sp³-hybridized carbons (Fsp3) is 0.533. The molecule has 1 atom stereocenters. The van der Waals surface area contributed by atoms with Gasteiger partial charge in [0.2, 0.25) is 0 Å². The minimum Gasteiger partial charge on any atom is -0.490 e. The van der Waals surface area contributed by atoms with Gasteiger partial charge in [-0.2, -0.15) is 0 Å². The lowest BCUT2D eigenvalue weighted by Crippen LogP contribution is -2.17. The van der Waals surface area contributed by atoms with E-state index in [4.69, 9.17) is 9.84 Å². The van der Waals surface area contributed by atoms with E-state index in [1.165, 1.54) is 0 Å². The van der Waals surface area contributed by atoms with Crippen LogP contribution in [0.3, 0.4) is 0 Å². The highest BCUT2D eigenvalue weighted by Gasteiger charge is 2.15. The van der Waals surface area contributed by atoms with Crippen LogP contribution in [0.15, 0.2) is 24.3 Å². The molecule has 0 aromatic heterocycles. The summed E-state index contributed by atoms with van der Waals surface area (Å²) in [6.45, 7) is 4.26. The molecule has 0 spiro atoms. The average molecular weight is 250 g/mol. The van der Waals surface area contributed by atoms with Gasteiger partial charge in [-0.25, -0.2) is 4.79 Å². The smallest absolute Gasteiger partial charge is 0.339 e. The highest BCUT2D eigenvalue weighted by molar-refractivity contribution is 5.90. The summed E-state index contributed by atoms with van der Waals surface area (Å²) in [6.07, 6.45) is 5.36. The van der Waals surface area contributed by atoms with E-state index in [1.807, 2.05) is 6.07 Å². The first-order chi connectivity index (χ1) is 8.69. The molecule has 0 aliphatic rings. The van der Waals surface area contributed by atoms with Crippen molar-refractivity contribution in [3.63, 3.8) is 0 Å². The minimum absolute atomic E-state index is 0.121. The van der Waals surface area contributed by atoms with Gasteiger partial charge in [0.05, 0.1) is 6.10 Å². The largest absolute Gasteiger partial charge is 0.490 e. The Kier molecular flexibility index (Phi) is 6.26. The maximum Gasteiger partial charge on any atom is 0.339 e. The molecule has 0 aliphatic heterocycles. The van der Waals surface area contributed by atoms with Crippen LogP contribution in [-0.4, -0.2) is 17.2 Å². The first kappa shape index (κ1) is 14.6. The number of carbonyl (C=O) groups is 1. The Hall–Kier alpha value is -1.51. The molecule has 3 nitrogen and oxygen atoms in total. The highest BCUT2D eigenvalue weighted by atomic mass is 16.5. The number of aromatic carboxylic acids is 1. The van der Waals surface area contributed by atoms with Gasteiger partial charge in [0.25, 0.3) is 0 Å². The lowest BCUT2D eigenvalue weighted by Gasteiger charge is -2.19. The summed E-state index contributed by atoms with van der Waals surface area (Å²) in [6, 6.07) is 6.85. The van der Waals surface area contributed by atoms with Gasteiger partial charge < -0.3 is 9.84 Å². The van der Waals surface area contributed by atoms with Crippen molar-refractivity contribution in [1.29, 1.82) is 0 Å². The van der Waals surface area contributed by atoms with Gasteiger partial charge in [0, 0.05) is 0 Å². The molecule has 0 fully saturated rings. The van der Waals surface area contributed by atoms with Gasteiger partial charge in [-0.15, -0.1) is 0 Å². The van der Waals surface area contributed by atoms with Crippen LogP contribution in [0.2, 0.25) is 0 Å². The van der Waals surface area contributed by atoms with Crippen LogP contribution in [0.25, 0.3) is 0 Å². The first-order valence-corrected chi connectivity index (χ1v) is 6.68. The Morgan fingerprint density at radius 3 is 2.56 bits per heavy atom. The number of ether oxygens (including phenoxy) is 1. The normalized spacial score (nSPS) is 12.1. The topological polar surface area (TPSA) is 46.5 Å². The van der Waals surface area contributed by atoms with Crippen LogP contribution >= 0.6 is 0 Å². The lowest BCUT2D eigenvalue weighted by molar-refractivity contribution is 0.0687. The number of para-hydroxylation sites is 1. The molecule has 0 saturated heterocycles. The molecular weight excluding hydrogens is 228 g/mol. The molecule has 0 radical (unpaired) electrons. The predicted molar refractivity (Wildman–Crippen MR) is 72.3 cm³/mol. The third-order valence-corrected chi connectivity index (χ3v) is 2.90. The number of unbranched alkanes of at least 4 members (excludes halogenated alkanes) is 1. The van der Waals surface area contributed by atoms with Crippen molar-refractivity contribution in [1.82, 2.24) is 0 Å². The molecule has 1 aromatic carbocycles. The van der Waals surface area contributed by atoms with Crippen molar-refractivity contribution in [3.8, 4) is 5.75 Å². The van der Waals surface area contributed by atoms with Crippen LogP contribution in [-0.2, 0) is 0 Å². The highest BCUT2D eigenvalue weighted by Crippen LogP contribution is 2.22. The zero-order valence-corrected chi connectivity index (χ0v) is 11.2. The fourth-order valence-electron chi connectivity index (χ4n) is 1.94. The summed E-state index contributed by atoms with van der Waals surface area (Å²) in [4.78, 5) is 11.1. The maximum absolute atomic E-state index is 11.1. The Bertz CT molecular complexity index is 374. The van der Waals surface area contributed by atoms with Crippen LogP contribution in [0.5, 0.6) is 5.75 Å². The van der Waals surface area contributed by atoms with Gasteiger partial charge in [-0.3, -0.25) is 0 Å². The number of benzene rings is 1. The van der Waals surface area contributed by atoms with E-state index in [0.29, 0.717) is 5.75 Å². The summed E-state index contributed by atoms with van der Waals surface area (Å²) < 4.78 is 5.87. The minimum atomic E-state index is -0.934. The standard InChI is InChI=1S/C15H22O3/c1-3-5-9-12(8-4-2)18-14-11-7-6-10-13(14)15(16)17/h6-7,10-12H,3-5,8-9H2,1-2H3,(H,16,17). The molecule has 0 heterocycles. The Labute approximate surface area is 109 Å². The molecular formula is C15H22O3. The third kappa shape index (κ3) is 4.40. The molecule has 3 heteroatoms. The second-order valence-corrected chi connectivity index (χ2v) is 4.47.